The second-order valence-electron chi connectivity index (χ2n) is 5.72. The third-order valence-electron chi connectivity index (χ3n) is 3.90. The lowest BCUT2D eigenvalue weighted by Gasteiger charge is -2.26. The van der Waals surface area contributed by atoms with Gasteiger partial charge in [0.2, 0.25) is 5.95 Å². The summed E-state index contributed by atoms with van der Waals surface area (Å²) in [7, 11) is 0. The number of hydrogen-bond donors (Lipinski definition) is 2. The molecule has 0 unspecified atom stereocenters. The van der Waals surface area contributed by atoms with E-state index in [4.69, 9.17) is 4.74 Å². The third-order valence-corrected chi connectivity index (χ3v) is 3.90. The first kappa shape index (κ1) is 17.2. The van der Waals surface area contributed by atoms with Crippen molar-refractivity contribution >= 4 is 11.9 Å². The number of morpholine rings is 1. The van der Waals surface area contributed by atoms with Gasteiger partial charge in [-0.3, -0.25) is 14.7 Å². The zero-order valence-electron chi connectivity index (χ0n) is 14.0. The number of ether oxygens (including phenoxy) is 1. The van der Waals surface area contributed by atoms with E-state index in [9.17, 15) is 4.79 Å². The number of anilines is 1. The molecule has 0 radical (unpaired) electrons. The lowest BCUT2D eigenvalue weighted by atomic mass is 10.3. The van der Waals surface area contributed by atoms with E-state index in [0.717, 1.165) is 38.4 Å². The molecule has 3 rings (SSSR count). The maximum Gasteiger partial charge on any atom is 0.254 e. The minimum Gasteiger partial charge on any atom is -0.379 e. The van der Waals surface area contributed by atoms with Crippen LogP contribution < -0.4 is 10.6 Å². The molecule has 1 aliphatic heterocycles. The predicted molar refractivity (Wildman–Crippen MR) is 93.2 cm³/mol. The minimum atomic E-state index is -0.160. The number of rotatable bonds is 7. The number of nitrogens with zero attached hydrogens (tertiary/aromatic N) is 4. The minimum absolute atomic E-state index is 0.160. The van der Waals surface area contributed by atoms with E-state index in [1.165, 1.54) is 12.4 Å². The van der Waals surface area contributed by atoms with Crippen molar-refractivity contribution in [3.05, 3.63) is 48.0 Å². The summed E-state index contributed by atoms with van der Waals surface area (Å²) < 4.78 is 5.30. The van der Waals surface area contributed by atoms with E-state index in [1.807, 2.05) is 12.1 Å². The molecule has 1 fully saturated rings. The van der Waals surface area contributed by atoms with Gasteiger partial charge in [0.15, 0.2) is 0 Å². The van der Waals surface area contributed by atoms with Crippen molar-refractivity contribution < 1.29 is 9.53 Å². The fraction of sp³-hybridized carbons (Fsp3) is 0.412. The number of nitrogens with one attached hydrogen (secondary N) is 2. The van der Waals surface area contributed by atoms with Gasteiger partial charge in [0, 0.05) is 57.5 Å². The zero-order chi connectivity index (χ0) is 17.3. The topological polar surface area (TPSA) is 92.3 Å². The molecular weight excluding hydrogens is 320 g/mol. The molecule has 8 nitrogen and oxygen atoms in total. The molecule has 0 bridgehead atoms. The molecule has 3 heterocycles. The van der Waals surface area contributed by atoms with E-state index >= 15 is 0 Å². The maximum absolute atomic E-state index is 12.1. The predicted octanol–water partition coefficient (Wildman–Crippen LogP) is 0.546. The summed E-state index contributed by atoms with van der Waals surface area (Å²) in [4.78, 5) is 26.8. The molecule has 0 aromatic carbocycles. The highest BCUT2D eigenvalue weighted by Gasteiger charge is 2.11. The van der Waals surface area contributed by atoms with Crippen molar-refractivity contribution in [2.75, 3.05) is 44.7 Å². The van der Waals surface area contributed by atoms with Gasteiger partial charge in [-0.05, 0) is 11.6 Å². The Morgan fingerprint density at radius 2 is 2.00 bits per heavy atom. The Morgan fingerprint density at radius 3 is 2.72 bits per heavy atom. The molecule has 1 amide bonds. The first-order valence-electron chi connectivity index (χ1n) is 8.34. The highest BCUT2D eigenvalue weighted by Crippen LogP contribution is 2.03. The van der Waals surface area contributed by atoms with Crippen LogP contribution >= 0.6 is 0 Å². The van der Waals surface area contributed by atoms with Crippen molar-refractivity contribution in [1.82, 2.24) is 25.2 Å². The average molecular weight is 342 g/mol. The van der Waals surface area contributed by atoms with Crippen LogP contribution in [0.2, 0.25) is 0 Å². The van der Waals surface area contributed by atoms with Crippen molar-refractivity contribution in [2.45, 2.75) is 6.54 Å². The highest BCUT2D eigenvalue weighted by molar-refractivity contribution is 5.93. The van der Waals surface area contributed by atoms with E-state index in [0.29, 0.717) is 24.6 Å². The van der Waals surface area contributed by atoms with Crippen LogP contribution in [0.25, 0.3) is 0 Å². The van der Waals surface area contributed by atoms with Crippen LogP contribution in [0.3, 0.4) is 0 Å². The van der Waals surface area contributed by atoms with Crippen LogP contribution in [0.4, 0.5) is 5.95 Å². The van der Waals surface area contributed by atoms with Gasteiger partial charge in [0.1, 0.15) is 0 Å². The Hall–Kier alpha value is -2.58. The molecular formula is C17H22N6O2. The molecule has 0 aliphatic carbocycles. The summed E-state index contributed by atoms with van der Waals surface area (Å²) in [6.45, 7) is 5.34. The van der Waals surface area contributed by atoms with Crippen LogP contribution in [-0.4, -0.2) is 65.2 Å². The molecule has 2 aromatic rings. The zero-order valence-corrected chi connectivity index (χ0v) is 14.0. The fourth-order valence-electron chi connectivity index (χ4n) is 2.47. The molecule has 0 atom stereocenters. The monoisotopic (exact) mass is 342 g/mol. The fourth-order valence-corrected chi connectivity index (χ4v) is 2.47. The van der Waals surface area contributed by atoms with Crippen LogP contribution in [0.15, 0.2) is 36.9 Å². The van der Waals surface area contributed by atoms with Gasteiger partial charge in [-0.15, -0.1) is 0 Å². The van der Waals surface area contributed by atoms with Gasteiger partial charge in [0.05, 0.1) is 18.8 Å². The number of hydrogen-bond acceptors (Lipinski definition) is 7. The van der Waals surface area contributed by atoms with E-state index < -0.39 is 0 Å². The number of pyridine rings is 1. The van der Waals surface area contributed by atoms with Crippen molar-refractivity contribution in [2.24, 2.45) is 0 Å². The van der Waals surface area contributed by atoms with Gasteiger partial charge in [-0.1, -0.05) is 6.07 Å². The van der Waals surface area contributed by atoms with Gasteiger partial charge in [-0.25, -0.2) is 9.97 Å². The second kappa shape index (κ2) is 9.05. The lowest BCUT2D eigenvalue weighted by Crippen LogP contribution is -2.41. The molecule has 1 saturated heterocycles. The van der Waals surface area contributed by atoms with E-state index in [1.54, 1.807) is 12.4 Å². The summed E-state index contributed by atoms with van der Waals surface area (Å²) in [6, 6.07) is 3.85. The Labute approximate surface area is 146 Å². The molecule has 2 N–H and O–H groups in total. The molecule has 8 heteroatoms. The smallest absolute Gasteiger partial charge is 0.254 e. The molecule has 2 aromatic heterocycles. The van der Waals surface area contributed by atoms with Gasteiger partial charge >= 0.3 is 0 Å². The summed E-state index contributed by atoms with van der Waals surface area (Å²) in [6.07, 6.45) is 6.57. The summed E-state index contributed by atoms with van der Waals surface area (Å²) in [5.41, 5.74) is 1.49. The maximum atomic E-state index is 12.1. The molecule has 1 aliphatic rings. The first-order chi connectivity index (χ1) is 12.3. The van der Waals surface area contributed by atoms with Crippen molar-refractivity contribution in [3.63, 3.8) is 0 Å². The van der Waals surface area contributed by atoms with Crippen molar-refractivity contribution in [1.29, 1.82) is 0 Å². The quantitative estimate of drug-likeness (QED) is 0.759. The highest BCUT2D eigenvalue weighted by atomic mass is 16.5. The number of amides is 1. The molecule has 132 valence electrons. The first-order valence-corrected chi connectivity index (χ1v) is 8.34. The molecule has 0 spiro atoms. The largest absolute Gasteiger partial charge is 0.379 e. The normalized spacial score (nSPS) is 14.9. The number of aromatic nitrogens is 3. The Balaban J connectivity index is 1.42. The standard InChI is InChI=1S/C17H22N6O2/c24-16(19-4-5-23-6-8-25-9-7-23)15-12-21-17(22-13-15)20-11-14-2-1-3-18-10-14/h1-3,10,12-13H,4-9,11H2,(H,19,24)(H,20,21,22). The van der Waals surface area contributed by atoms with E-state index in [2.05, 4.69) is 30.5 Å². The number of carbonyl (C=O) groups is 1. The number of carbonyl (C=O) groups excluding carboxylic acids is 1. The Morgan fingerprint density at radius 1 is 1.20 bits per heavy atom. The van der Waals surface area contributed by atoms with Gasteiger partial charge in [-0.2, -0.15) is 0 Å². The Bertz CT molecular complexity index is 659. The average Bonchev–Trinajstić information content (AvgIpc) is 2.68. The summed E-state index contributed by atoms with van der Waals surface area (Å²) in [5.74, 6) is 0.320. The van der Waals surface area contributed by atoms with Gasteiger partial charge in [0.25, 0.3) is 5.91 Å². The SMILES string of the molecule is O=C(NCCN1CCOCC1)c1cnc(NCc2cccnc2)nc1. The third kappa shape index (κ3) is 5.47. The van der Waals surface area contributed by atoms with Gasteiger partial charge < -0.3 is 15.4 Å². The Kier molecular flexibility index (Phi) is 6.24. The van der Waals surface area contributed by atoms with Crippen LogP contribution in [0, 0.1) is 0 Å². The lowest BCUT2D eigenvalue weighted by molar-refractivity contribution is 0.0383. The van der Waals surface area contributed by atoms with Crippen molar-refractivity contribution in [3.8, 4) is 0 Å². The van der Waals surface area contributed by atoms with E-state index in [-0.39, 0.29) is 5.91 Å². The van der Waals surface area contributed by atoms with Crippen LogP contribution in [-0.2, 0) is 11.3 Å². The van der Waals surface area contributed by atoms with Crippen LogP contribution in [0.1, 0.15) is 15.9 Å². The summed E-state index contributed by atoms with van der Waals surface area (Å²) in [5, 5.41) is 5.99. The van der Waals surface area contributed by atoms with Crippen LogP contribution in [0.5, 0.6) is 0 Å². The molecule has 25 heavy (non-hydrogen) atoms. The summed E-state index contributed by atoms with van der Waals surface area (Å²) >= 11 is 0. The molecule has 0 saturated carbocycles. The second-order valence-corrected chi connectivity index (χ2v) is 5.72.